The Kier molecular flexibility index (Phi) is 4.01. The molecule has 23 heavy (non-hydrogen) atoms. The monoisotopic (exact) mass is 320 g/mol. The molecule has 1 aliphatic heterocycles. The molecule has 1 heterocycles. The fourth-order valence-electron chi connectivity index (χ4n) is 2.50. The lowest BCUT2D eigenvalue weighted by Gasteiger charge is -2.29. The maximum Gasteiger partial charge on any atom is 0.387 e. The standard InChI is InChI=1S/C16H14F2N2O3/c1-22-12-8-4-6-10(13(12)23-16(17)18)14-19-11-7-3-2-5-9(11)15(21)20-14/h2-8,14,16,19H,1H3,(H,20,21). The van der Waals surface area contributed by atoms with Gasteiger partial charge < -0.3 is 20.1 Å². The molecule has 7 heteroatoms. The molecule has 0 spiro atoms. The molecule has 0 bridgehead atoms. The Balaban J connectivity index is 2.01. The van der Waals surface area contributed by atoms with Crippen LogP contribution in [-0.2, 0) is 0 Å². The largest absolute Gasteiger partial charge is 0.493 e. The van der Waals surface area contributed by atoms with Crippen molar-refractivity contribution >= 4 is 11.6 Å². The molecule has 5 nitrogen and oxygen atoms in total. The summed E-state index contributed by atoms with van der Waals surface area (Å²) in [6.45, 7) is -3.00. The van der Waals surface area contributed by atoms with Gasteiger partial charge in [0, 0.05) is 11.3 Å². The number of hydrogen-bond acceptors (Lipinski definition) is 4. The van der Waals surface area contributed by atoms with Crippen LogP contribution in [0.1, 0.15) is 22.1 Å². The van der Waals surface area contributed by atoms with Crippen molar-refractivity contribution in [2.45, 2.75) is 12.8 Å². The molecular formula is C16H14F2N2O3. The normalized spacial score (nSPS) is 16.3. The van der Waals surface area contributed by atoms with Crippen molar-refractivity contribution in [2.75, 3.05) is 12.4 Å². The average molecular weight is 320 g/mol. The second-order valence-electron chi connectivity index (χ2n) is 4.85. The van der Waals surface area contributed by atoms with E-state index >= 15 is 0 Å². The number of nitrogens with one attached hydrogen (secondary N) is 2. The molecule has 0 saturated carbocycles. The summed E-state index contributed by atoms with van der Waals surface area (Å²) in [6.07, 6.45) is -0.707. The van der Waals surface area contributed by atoms with E-state index in [4.69, 9.17) is 4.74 Å². The lowest BCUT2D eigenvalue weighted by molar-refractivity contribution is -0.0520. The minimum Gasteiger partial charge on any atom is -0.493 e. The van der Waals surface area contributed by atoms with Gasteiger partial charge in [-0.3, -0.25) is 4.79 Å². The molecule has 3 rings (SSSR count). The number of amides is 1. The Bertz CT molecular complexity index is 737. The van der Waals surface area contributed by atoms with E-state index in [1.807, 2.05) is 0 Å². The number of alkyl halides is 2. The molecule has 1 unspecified atom stereocenters. The lowest BCUT2D eigenvalue weighted by atomic mass is 10.0. The van der Waals surface area contributed by atoms with Gasteiger partial charge in [0.05, 0.1) is 12.7 Å². The van der Waals surface area contributed by atoms with Crippen LogP contribution < -0.4 is 20.1 Å². The predicted octanol–water partition coefficient (Wildman–Crippen LogP) is 3.15. The van der Waals surface area contributed by atoms with Crippen molar-refractivity contribution in [3.05, 3.63) is 53.6 Å². The molecule has 1 aliphatic rings. The van der Waals surface area contributed by atoms with Crippen molar-refractivity contribution < 1.29 is 23.0 Å². The van der Waals surface area contributed by atoms with Gasteiger partial charge in [0.25, 0.3) is 5.91 Å². The number of rotatable bonds is 4. The summed E-state index contributed by atoms with van der Waals surface area (Å²) in [6, 6.07) is 11.7. The number of carbonyl (C=O) groups is 1. The molecule has 2 aromatic carbocycles. The van der Waals surface area contributed by atoms with Crippen LogP contribution >= 0.6 is 0 Å². The Morgan fingerprint density at radius 1 is 1.09 bits per heavy atom. The van der Waals surface area contributed by atoms with Crippen LogP contribution in [0.3, 0.4) is 0 Å². The minimum absolute atomic E-state index is 0.109. The first-order valence-corrected chi connectivity index (χ1v) is 6.88. The highest BCUT2D eigenvalue weighted by Gasteiger charge is 2.28. The van der Waals surface area contributed by atoms with Crippen LogP contribution in [0.25, 0.3) is 0 Å². The Hall–Kier alpha value is -2.83. The molecule has 1 amide bonds. The molecule has 2 aromatic rings. The van der Waals surface area contributed by atoms with E-state index in [-0.39, 0.29) is 17.4 Å². The SMILES string of the molecule is COc1cccc(C2NC(=O)c3ccccc3N2)c1OC(F)F. The third kappa shape index (κ3) is 2.90. The Morgan fingerprint density at radius 3 is 2.61 bits per heavy atom. The van der Waals surface area contributed by atoms with Crippen molar-refractivity contribution in [2.24, 2.45) is 0 Å². The summed E-state index contributed by atoms with van der Waals surface area (Å²) in [7, 11) is 1.36. The van der Waals surface area contributed by atoms with Crippen LogP contribution in [-0.4, -0.2) is 19.6 Å². The zero-order valence-electron chi connectivity index (χ0n) is 12.2. The molecule has 120 valence electrons. The van der Waals surface area contributed by atoms with Gasteiger partial charge in [0.1, 0.15) is 6.17 Å². The summed E-state index contributed by atoms with van der Waals surface area (Å²) in [5.41, 5.74) is 1.46. The van der Waals surface area contributed by atoms with Gasteiger partial charge >= 0.3 is 6.61 Å². The minimum atomic E-state index is -3.00. The maximum atomic E-state index is 12.7. The Morgan fingerprint density at radius 2 is 1.87 bits per heavy atom. The molecule has 0 fully saturated rings. The number of carbonyl (C=O) groups excluding carboxylic acids is 1. The third-order valence-corrected chi connectivity index (χ3v) is 3.49. The predicted molar refractivity (Wildman–Crippen MR) is 79.9 cm³/mol. The van der Waals surface area contributed by atoms with Crippen molar-refractivity contribution in [1.82, 2.24) is 5.32 Å². The zero-order valence-corrected chi connectivity index (χ0v) is 12.2. The fraction of sp³-hybridized carbons (Fsp3) is 0.188. The van der Waals surface area contributed by atoms with Gasteiger partial charge in [0.15, 0.2) is 11.5 Å². The molecule has 0 aromatic heterocycles. The highest BCUT2D eigenvalue weighted by Crippen LogP contribution is 2.38. The van der Waals surface area contributed by atoms with Crippen LogP contribution in [0.15, 0.2) is 42.5 Å². The van der Waals surface area contributed by atoms with E-state index in [0.29, 0.717) is 16.8 Å². The number of methoxy groups -OCH3 is 1. The summed E-state index contributed by atoms with van der Waals surface area (Å²) in [4.78, 5) is 12.2. The average Bonchev–Trinajstić information content (AvgIpc) is 2.54. The van der Waals surface area contributed by atoms with Gasteiger partial charge in [0.2, 0.25) is 0 Å². The molecule has 1 atom stereocenters. The zero-order chi connectivity index (χ0) is 16.4. The van der Waals surface area contributed by atoms with E-state index < -0.39 is 12.8 Å². The van der Waals surface area contributed by atoms with Crippen LogP contribution in [0, 0.1) is 0 Å². The van der Waals surface area contributed by atoms with Gasteiger partial charge in [-0.15, -0.1) is 0 Å². The van der Waals surface area contributed by atoms with E-state index in [2.05, 4.69) is 15.4 Å². The van der Waals surface area contributed by atoms with E-state index in [1.54, 1.807) is 36.4 Å². The maximum absolute atomic E-state index is 12.7. The number of halogens is 2. The highest BCUT2D eigenvalue weighted by atomic mass is 19.3. The lowest BCUT2D eigenvalue weighted by Crippen LogP contribution is -2.38. The Labute approximate surface area is 131 Å². The van der Waals surface area contributed by atoms with Gasteiger partial charge in [-0.25, -0.2) is 0 Å². The van der Waals surface area contributed by atoms with Crippen LogP contribution in [0.2, 0.25) is 0 Å². The fourth-order valence-corrected chi connectivity index (χ4v) is 2.50. The summed E-state index contributed by atoms with van der Waals surface area (Å²) >= 11 is 0. The first kappa shape index (κ1) is 15.1. The third-order valence-electron chi connectivity index (χ3n) is 3.49. The molecule has 0 radical (unpaired) electrons. The van der Waals surface area contributed by atoms with Crippen molar-refractivity contribution in [1.29, 1.82) is 0 Å². The number of fused-ring (bicyclic) bond motifs is 1. The first-order valence-electron chi connectivity index (χ1n) is 6.88. The quantitative estimate of drug-likeness (QED) is 0.908. The number of para-hydroxylation sites is 2. The van der Waals surface area contributed by atoms with Gasteiger partial charge in [-0.2, -0.15) is 8.78 Å². The summed E-state index contributed by atoms with van der Waals surface area (Å²) < 4.78 is 35.1. The topological polar surface area (TPSA) is 59.6 Å². The molecule has 2 N–H and O–H groups in total. The molecular weight excluding hydrogens is 306 g/mol. The highest BCUT2D eigenvalue weighted by molar-refractivity contribution is 6.01. The molecule has 0 aliphatic carbocycles. The van der Waals surface area contributed by atoms with E-state index in [1.165, 1.54) is 13.2 Å². The number of hydrogen-bond donors (Lipinski definition) is 2. The van der Waals surface area contributed by atoms with Crippen LogP contribution in [0.4, 0.5) is 14.5 Å². The number of ether oxygens (including phenoxy) is 2. The first-order chi connectivity index (χ1) is 11.1. The van der Waals surface area contributed by atoms with E-state index in [9.17, 15) is 13.6 Å². The summed E-state index contributed by atoms with van der Waals surface area (Å²) in [5.74, 6) is -0.241. The van der Waals surface area contributed by atoms with Gasteiger partial charge in [-0.1, -0.05) is 24.3 Å². The second kappa shape index (κ2) is 6.12. The second-order valence-corrected chi connectivity index (χ2v) is 4.85. The van der Waals surface area contributed by atoms with Crippen molar-refractivity contribution in [3.63, 3.8) is 0 Å². The van der Waals surface area contributed by atoms with Crippen LogP contribution in [0.5, 0.6) is 11.5 Å². The molecule has 0 saturated heterocycles. The van der Waals surface area contributed by atoms with Gasteiger partial charge in [-0.05, 0) is 18.2 Å². The summed E-state index contributed by atoms with van der Waals surface area (Å²) in [5, 5.41) is 5.82. The van der Waals surface area contributed by atoms with Crippen molar-refractivity contribution in [3.8, 4) is 11.5 Å². The number of anilines is 1. The smallest absolute Gasteiger partial charge is 0.387 e. The number of benzene rings is 2. The van der Waals surface area contributed by atoms with E-state index in [0.717, 1.165) is 0 Å².